The van der Waals surface area contributed by atoms with Gasteiger partial charge in [-0.1, -0.05) is 60.7 Å². The van der Waals surface area contributed by atoms with Gasteiger partial charge in [0.15, 0.2) is 5.78 Å². The molecule has 0 amide bonds. The topological polar surface area (TPSA) is 29.1 Å². The number of allylic oxidation sites excluding steroid dienone is 2. The van der Waals surface area contributed by atoms with Crippen molar-refractivity contribution in [3.8, 4) is 0 Å². The van der Waals surface area contributed by atoms with Gasteiger partial charge in [-0.15, -0.1) is 0 Å². The Morgan fingerprint density at radius 3 is 1.80 bits per heavy atom. The fourth-order valence-corrected chi connectivity index (χ4v) is 2.18. The van der Waals surface area contributed by atoms with E-state index in [2.05, 4.69) is 5.32 Å². The van der Waals surface area contributed by atoms with Crippen LogP contribution in [0.15, 0.2) is 72.4 Å². The van der Waals surface area contributed by atoms with Gasteiger partial charge in [0.1, 0.15) is 0 Å². The Labute approximate surface area is 120 Å². The Balaban J connectivity index is 2.43. The Morgan fingerprint density at radius 1 is 0.950 bits per heavy atom. The summed E-state index contributed by atoms with van der Waals surface area (Å²) in [6.45, 7) is 1.89. The monoisotopic (exact) mass is 265 g/mol. The van der Waals surface area contributed by atoms with E-state index < -0.39 is 0 Å². The minimum atomic E-state index is -0.249. The normalized spacial score (nSPS) is 11.4. The first-order chi connectivity index (χ1) is 9.72. The molecule has 0 aliphatic carbocycles. The third-order valence-corrected chi connectivity index (χ3v) is 3.30. The summed E-state index contributed by atoms with van der Waals surface area (Å²) < 4.78 is 0. The van der Waals surface area contributed by atoms with E-state index in [0.29, 0.717) is 0 Å². The van der Waals surface area contributed by atoms with E-state index in [1.165, 1.54) is 0 Å². The highest BCUT2D eigenvalue weighted by molar-refractivity contribution is 5.98. The predicted octanol–water partition coefficient (Wildman–Crippen LogP) is 3.51. The van der Waals surface area contributed by atoms with Crippen LogP contribution >= 0.6 is 0 Å². The van der Waals surface area contributed by atoms with E-state index >= 15 is 0 Å². The molecule has 0 fully saturated rings. The molecule has 2 aromatic rings. The molecule has 0 saturated carbocycles. The maximum absolute atomic E-state index is 12.6. The van der Waals surface area contributed by atoms with Crippen molar-refractivity contribution in [2.24, 2.45) is 0 Å². The van der Waals surface area contributed by atoms with Crippen LogP contribution in [0.4, 0.5) is 0 Å². The number of rotatable bonds is 5. The molecular weight excluding hydrogens is 246 g/mol. The van der Waals surface area contributed by atoms with Gasteiger partial charge >= 0.3 is 0 Å². The minimum absolute atomic E-state index is 0.0919. The van der Waals surface area contributed by atoms with Crippen LogP contribution in [0.1, 0.15) is 24.0 Å². The third kappa shape index (κ3) is 3.35. The first-order valence-corrected chi connectivity index (χ1v) is 6.72. The molecule has 2 nitrogen and oxygen atoms in total. The summed E-state index contributed by atoms with van der Waals surface area (Å²) in [6, 6.07) is 19.8. The zero-order valence-electron chi connectivity index (χ0n) is 11.8. The largest absolute Gasteiger partial charge is 0.392 e. The highest BCUT2D eigenvalue weighted by Crippen LogP contribution is 2.26. The molecule has 0 saturated heterocycles. The standard InChI is InChI=1S/C18H19NO/c1-14(19-2)13-17(20)18(15-9-5-3-6-10-15)16-11-7-4-8-12-16/h3-13,18-19H,1-2H3/b14-13+. The van der Waals surface area contributed by atoms with Crippen LogP contribution < -0.4 is 5.32 Å². The van der Waals surface area contributed by atoms with Crippen molar-refractivity contribution in [3.63, 3.8) is 0 Å². The quantitative estimate of drug-likeness (QED) is 0.838. The molecule has 0 aromatic heterocycles. The van der Waals surface area contributed by atoms with E-state index in [1.54, 1.807) is 6.08 Å². The molecule has 0 aliphatic heterocycles. The Hall–Kier alpha value is -2.35. The zero-order chi connectivity index (χ0) is 14.4. The van der Waals surface area contributed by atoms with Crippen molar-refractivity contribution in [2.45, 2.75) is 12.8 Å². The van der Waals surface area contributed by atoms with Crippen molar-refractivity contribution in [3.05, 3.63) is 83.6 Å². The van der Waals surface area contributed by atoms with Crippen LogP contribution in [0.25, 0.3) is 0 Å². The number of carbonyl (C=O) groups excluding carboxylic acids is 1. The SMILES string of the molecule is CN/C(C)=C/C(=O)C(c1ccccc1)c1ccccc1. The summed E-state index contributed by atoms with van der Waals surface area (Å²) >= 11 is 0. The molecule has 1 N–H and O–H groups in total. The molecule has 0 unspecified atom stereocenters. The molecular formula is C18H19NO. The van der Waals surface area contributed by atoms with Gasteiger partial charge in [0.05, 0.1) is 5.92 Å². The summed E-state index contributed by atoms with van der Waals surface area (Å²) in [5.41, 5.74) is 2.90. The molecule has 102 valence electrons. The van der Waals surface area contributed by atoms with Crippen molar-refractivity contribution in [2.75, 3.05) is 7.05 Å². The lowest BCUT2D eigenvalue weighted by atomic mass is 9.87. The lowest BCUT2D eigenvalue weighted by Gasteiger charge is -2.15. The van der Waals surface area contributed by atoms with E-state index in [0.717, 1.165) is 16.8 Å². The minimum Gasteiger partial charge on any atom is -0.392 e. The van der Waals surface area contributed by atoms with Crippen LogP contribution in [0.3, 0.4) is 0 Å². The number of hydrogen-bond donors (Lipinski definition) is 1. The molecule has 0 radical (unpaired) electrons. The van der Waals surface area contributed by atoms with E-state index in [4.69, 9.17) is 0 Å². The molecule has 2 aromatic carbocycles. The Kier molecular flexibility index (Phi) is 4.72. The second kappa shape index (κ2) is 6.71. The van der Waals surface area contributed by atoms with Crippen molar-refractivity contribution in [1.29, 1.82) is 0 Å². The Bertz CT molecular complexity index is 548. The van der Waals surface area contributed by atoms with E-state index in [1.807, 2.05) is 74.6 Å². The second-order valence-corrected chi connectivity index (χ2v) is 4.73. The highest BCUT2D eigenvalue weighted by Gasteiger charge is 2.20. The van der Waals surface area contributed by atoms with E-state index in [-0.39, 0.29) is 11.7 Å². The molecule has 20 heavy (non-hydrogen) atoms. The average Bonchev–Trinajstić information content (AvgIpc) is 2.49. The van der Waals surface area contributed by atoms with Gasteiger partial charge in [-0.05, 0) is 18.1 Å². The first kappa shape index (κ1) is 14.1. The Morgan fingerprint density at radius 2 is 1.40 bits per heavy atom. The summed E-state index contributed by atoms with van der Waals surface area (Å²) in [5, 5.41) is 2.99. The molecule has 2 rings (SSSR count). The summed E-state index contributed by atoms with van der Waals surface area (Å²) in [5.74, 6) is -0.157. The smallest absolute Gasteiger partial charge is 0.169 e. The van der Waals surface area contributed by atoms with Crippen molar-refractivity contribution >= 4 is 5.78 Å². The average molecular weight is 265 g/mol. The molecule has 0 spiro atoms. The summed E-state index contributed by atoms with van der Waals surface area (Å²) in [7, 11) is 1.82. The lowest BCUT2D eigenvalue weighted by Crippen LogP contribution is -2.14. The molecule has 0 heterocycles. The van der Waals surface area contributed by atoms with Gasteiger partial charge in [-0.2, -0.15) is 0 Å². The zero-order valence-corrected chi connectivity index (χ0v) is 11.8. The second-order valence-electron chi connectivity index (χ2n) is 4.73. The first-order valence-electron chi connectivity index (χ1n) is 6.72. The van der Waals surface area contributed by atoms with Gasteiger partial charge in [0.25, 0.3) is 0 Å². The third-order valence-electron chi connectivity index (χ3n) is 3.30. The maximum atomic E-state index is 12.6. The molecule has 0 atom stereocenters. The van der Waals surface area contributed by atoms with Gasteiger partial charge in [-0.25, -0.2) is 0 Å². The predicted molar refractivity (Wildman–Crippen MR) is 82.6 cm³/mol. The van der Waals surface area contributed by atoms with Gasteiger partial charge in [-0.3, -0.25) is 4.79 Å². The number of benzene rings is 2. The van der Waals surface area contributed by atoms with Crippen LogP contribution in [-0.4, -0.2) is 12.8 Å². The maximum Gasteiger partial charge on any atom is 0.169 e. The van der Waals surface area contributed by atoms with Crippen LogP contribution in [0, 0.1) is 0 Å². The van der Waals surface area contributed by atoms with E-state index in [9.17, 15) is 4.79 Å². The number of hydrogen-bond acceptors (Lipinski definition) is 2. The van der Waals surface area contributed by atoms with Crippen LogP contribution in [0.5, 0.6) is 0 Å². The fourth-order valence-electron chi connectivity index (χ4n) is 2.18. The number of ketones is 1. The lowest BCUT2D eigenvalue weighted by molar-refractivity contribution is -0.115. The van der Waals surface area contributed by atoms with Gasteiger partial charge < -0.3 is 5.32 Å². The molecule has 0 aliphatic rings. The summed E-state index contributed by atoms with van der Waals surface area (Å²) in [4.78, 5) is 12.6. The van der Waals surface area contributed by atoms with Gasteiger partial charge in [0.2, 0.25) is 0 Å². The fraction of sp³-hybridized carbons (Fsp3) is 0.167. The highest BCUT2D eigenvalue weighted by atomic mass is 16.1. The number of nitrogens with one attached hydrogen (secondary N) is 1. The van der Waals surface area contributed by atoms with Crippen molar-refractivity contribution < 1.29 is 4.79 Å². The van der Waals surface area contributed by atoms with Gasteiger partial charge in [0, 0.05) is 18.8 Å². The number of carbonyl (C=O) groups is 1. The summed E-state index contributed by atoms with van der Waals surface area (Å²) in [6.07, 6.45) is 1.67. The van der Waals surface area contributed by atoms with Crippen LogP contribution in [0.2, 0.25) is 0 Å². The van der Waals surface area contributed by atoms with Crippen LogP contribution in [-0.2, 0) is 4.79 Å². The molecule has 0 bridgehead atoms. The van der Waals surface area contributed by atoms with Crippen molar-refractivity contribution in [1.82, 2.24) is 5.32 Å². The molecule has 2 heteroatoms.